The van der Waals surface area contributed by atoms with Gasteiger partial charge in [-0.2, -0.15) is 0 Å². The summed E-state index contributed by atoms with van der Waals surface area (Å²) in [5.41, 5.74) is 18.7. The van der Waals surface area contributed by atoms with Gasteiger partial charge in [0.25, 0.3) is 0 Å². The first-order chi connectivity index (χ1) is 35.2. The van der Waals surface area contributed by atoms with Gasteiger partial charge in [0.1, 0.15) is 0 Å². The van der Waals surface area contributed by atoms with E-state index in [1.165, 1.54) is 99.0 Å². The zero-order valence-electron chi connectivity index (χ0n) is 39.0. The van der Waals surface area contributed by atoms with E-state index in [4.69, 9.17) is 0 Å². The van der Waals surface area contributed by atoms with Crippen molar-refractivity contribution in [3.63, 3.8) is 0 Å². The quantitative estimate of drug-likeness (QED) is 0.147. The second kappa shape index (κ2) is 16.5. The Morgan fingerprint density at radius 1 is 0.296 bits per heavy atom. The monoisotopic (exact) mass is 902 g/mol. The molecule has 13 aromatic rings. The maximum atomic E-state index is 2.54. The third-order valence-electron chi connectivity index (χ3n) is 15.0. The number of hydrogen-bond donors (Lipinski definition) is 0. The summed E-state index contributed by atoms with van der Waals surface area (Å²) in [5.74, 6) is 0. The first kappa shape index (κ1) is 40.8. The summed E-state index contributed by atoms with van der Waals surface area (Å²) in [6.07, 6.45) is 0. The van der Waals surface area contributed by atoms with Crippen molar-refractivity contribution in [2.45, 2.75) is 5.41 Å². The zero-order valence-corrected chi connectivity index (χ0v) is 39.0. The van der Waals surface area contributed by atoms with Crippen molar-refractivity contribution in [2.75, 3.05) is 4.90 Å². The molecule has 12 aromatic carbocycles. The first-order valence-electron chi connectivity index (χ1n) is 24.6. The van der Waals surface area contributed by atoms with Crippen LogP contribution < -0.4 is 4.90 Å². The predicted molar refractivity (Wildman–Crippen MR) is 299 cm³/mol. The SMILES string of the molecule is c1ccc(N(c2ccccc2)c2cccc(-c3ccc(-c4cc5c(c6ccccc46)c4cc6ccccc6cc4n5-c4ccc5c(c4)C(c4ccccc4)(c4ccccc4)c4ccccc4-5)cc3)c2)cc1. The molecule has 0 atom stereocenters. The van der Waals surface area contributed by atoms with Crippen molar-refractivity contribution in [2.24, 2.45) is 0 Å². The summed E-state index contributed by atoms with van der Waals surface area (Å²) in [4.78, 5) is 2.32. The minimum atomic E-state index is -0.517. The van der Waals surface area contributed by atoms with E-state index in [-0.39, 0.29) is 0 Å². The van der Waals surface area contributed by atoms with Crippen LogP contribution in [0.15, 0.2) is 279 Å². The van der Waals surface area contributed by atoms with E-state index in [9.17, 15) is 0 Å². The molecular weight excluding hydrogens is 857 g/mol. The number of aromatic nitrogens is 1. The maximum Gasteiger partial charge on any atom is 0.0714 e. The van der Waals surface area contributed by atoms with Gasteiger partial charge in [-0.15, -0.1) is 0 Å². The van der Waals surface area contributed by atoms with Crippen LogP contribution in [0.2, 0.25) is 0 Å². The van der Waals surface area contributed by atoms with Crippen LogP contribution in [0, 0.1) is 0 Å². The smallest absolute Gasteiger partial charge is 0.0714 e. The molecule has 14 rings (SSSR count). The van der Waals surface area contributed by atoms with Crippen LogP contribution in [-0.2, 0) is 5.41 Å². The number of para-hydroxylation sites is 2. The highest BCUT2D eigenvalue weighted by molar-refractivity contribution is 6.25. The normalized spacial score (nSPS) is 12.6. The number of nitrogens with zero attached hydrogens (tertiary/aromatic N) is 2. The Kier molecular flexibility index (Phi) is 9.47. The lowest BCUT2D eigenvalue weighted by Crippen LogP contribution is -2.28. The lowest BCUT2D eigenvalue weighted by atomic mass is 9.67. The maximum absolute atomic E-state index is 2.54. The molecule has 0 saturated carbocycles. The number of rotatable bonds is 8. The highest BCUT2D eigenvalue weighted by Crippen LogP contribution is 2.57. The summed E-state index contributed by atoms with van der Waals surface area (Å²) in [6, 6.07) is 103. The molecule has 0 spiro atoms. The van der Waals surface area contributed by atoms with E-state index in [1.54, 1.807) is 0 Å². The van der Waals surface area contributed by atoms with Gasteiger partial charge in [-0.3, -0.25) is 0 Å². The Hall–Kier alpha value is -9.24. The molecular formula is C69H46N2. The lowest BCUT2D eigenvalue weighted by Gasteiger charge is -2.34. The van der Waals surface area contributed by atoms with E-state index in [0.717, 1.165) is 22.7 Å². The number of fused-ring (bicyclic) bond motifs is 9. The molecule has 1 aliphatic rings. The van der Waals surface area contributed by atoms with Gasteiger partial charge in [0.2, 0.25) is 0 Å². The van der Waals surface area contributed by atoms with Crippen molar-refractivity contribution in [1.29, 1.82) is 0 Å². The van der Waals surface area contributed by atoms with Crippen molar-refractivity contribution < 1.29 is 0 Å². The van der Waals surface area contributed by atoms with Crippen LogP contribution in [0.1, 0.15) is 22.3 Å². The molecule has 0 radical (unpaired) electrons. The molecule has 0 aliphatic heterocycles. The largest absolute Gasteiger partial charge is 0.310 e. The third kappa shape index (κ3) is 6.42. The van der Waals surface area contributed by atoms with E-state index in [1.807, 2.05) is 0 Å². The summed E-state index contributed by atoms with van der Waals surface area (Å²) in [5, 5.41) is 7.45. The van der Waals surface area contributed by atoms with Crippen LogP contribution in [0.5, 0.6) is 0 Å². The van der Waals surface area contributed by atoms with Crippen molar-refractivity contribution in [3.05, 3.63) is 301 Å². The van der Waals surface area contributed by atoms with E-state index in [2.05, 4.69) is 289 Å². The van der Waals surface area contributed by atoms with Crippen LogP contribution in [0.3, 0.4) is 0 Å². The van der Waals surface area contributed by atoms with Crippen molar-refractivity contribution >= 4 is 60.4 Å². The molecule has 0 amide bonds. The third-order valence-corrected chi connectivity index (χ3v) is 15.0. The van der Waals surface area contributed by atoms with E-state index in [0.29, 0.717) is 0 Å². The zero-order chi connectivity index (χ0) is 46.9. The molecule has 1 aromatic heterocycles. The van der Waals surface area contributed by atoms with Crippen LogP contribution in [0.4, 0.5) is 17.1 Å². The highest BCUT2D eigenvalue weighted by atomic mass is 15.1. The topological polar surface area (TPSA) is 8.17 Å². The number of anilines is 3. The highest BCUT2D eigenvalue weighted by Gasteiger charge is 2.46. The molecule has 1 heterocycles. The van der Waals surface area contributed by atoms with Gasteiger partial charge >= 0.3 is 0 Å². The van der Waals surface area contributed by atoms with Gasteiger partial charge in [0.05, 0.1) is 16.4 Å². The Balaban J connectivity index is 0.973. The second-order valence-corrected chi connectivity index (χ2v) is 18.8. The summed E-state index contributed by atoms with van der Waals surface area (Å²) >= 11 is 0. The van der Waals surface area contributed by atoms with Crippen molar-refractivity contribution in [1.82, 2.24) is 4.57 Å². The van der Waals surface area contributed by atoms with Gasteiger partial charge < -0.3 is 9.47 Å². The summed E-state index contributed by atoms with van der Waals surface area (Å²) in [6.45, 7) is 0. The van der Waals surface area contributed by atoms with Gasteiger partial charge in [-0.05, 0) is 144 Å². The number of hydrogen-bond acceptors (Lipinski definition) is 1. The molecule has 2 heteroatoms. The minimum Gasteiger partial charge on any atom is -0.310 e. The lowest BCUT2D eigenvalue weighted by molar-refractivity contribution is 0.767. The van der Waals surface area contributed by atoms with E-state index >= 15 is 0 Å². The van der Waals surface area contributed by atoms with Crippen LogP contribution in [0.25, 0.3) is 82.4 Å². The fraction of sp³-hybridized carbons (Fsp3) is 0.0145. The summed E-state index contributed by atoms with van der Waals surface area (Å²) < 4.78 is 2.54. The van der Waals surface area contributed by atoms with E-state index < -0.39 is 5.41 Å². The summed E-state index contributed by atoms with van der Waals surface area (Å²) in [7, 11) is 0. The van der Waals surface area contributed by atoms with Gasteiger partial charge in [0, 0.05) is 33.5 Å². The average Bonchev–Trinajstić information content (AvgIpc) is 3.93. The molecule has 71 heavy (non-hydrogen) atoms. The number of benzene rings is 12. The first-order valence-corrected chi connectivity index (χ1v) is 24.6. The Morgan fingerprint density at radius 3 is 1.54 bits per heavy atom. The molecule has 0 fully saturated rings. The standard InChI is InChI=1S/C69H46N2/c1-5-23-52(24-6-1)69(53-25-7-2-8-26-53)64-35-18-17-33-59(64)60-41-40-57(45-65(60)69)71-66-44-51-21-14-13-20-50(51)43-63(66)68-61-34-16-15-32-58(61)62(46-67(68)71)48-38-36-47(37-39-48)49-22-19-31-56(42-49)70(54-27-9-3-10-28-54)55-29-11-4-12-30-55/h1-46H. The van der Waals surface area contributed by atoms with Gasteiger partial charge in [-0.25, -0.2) is 0 Å². The molecule has 0 unspecified atom stereocenters. The molecule has 332 valence electrons. The molecule has 1 aliphatic carbocycles. The Morgan fingerprint density at radius 2 is 0.845 bits per heavy atom. The molecule has 0 N–H and O–H groups in total. The molecule has 0 bridgehead atoms. The van der Waals surface area contributed by atoms with Crippen LogP contribution in [-0.4, -0.2) is 4.57 Å². The van der Waals surface area contributed by atoms with Gasteiger partial charge in [0.15, 0.2) is 0 Å². The Bertz CT molecular complexity index is 4060. The van der Waals surface area contributed by atoms with Gasteiger partial charge in [-0.1, -0.05) is 212 Å². The second-order valence-electron chi connectivity index (χ2n) is 18.8. The fourth-order valence-electron chi connectivity index (χ4n) is 11.9. The van der Waals surface area contributed by atoms with Crippen molar-refractivity contribution in [3.8, 4) is 39.1 Å². The van der Waals surface area contributed by atoms with Crippen LogP contribution >= 0.6 is 0 Å². The Labute approximate surface area is 413 Å². The molecule has 0 saturated heterocycles. The average molecular weight is 903 g/mol. The minimum absolute atomic E-state index is 0.517. The predicted octanol–water partition coefficient (Wildman–Crippen LogP) is 18.3. The molecule has 2 nitrogen and oxygen atoms in total. The fourth-order valence-corrected chi connectivity index (χ4v) is 11.9.